The first-order valence-electron chi connectivity index (χ1n) is 8.26. The van der Waals surface area contributed by atoms with Gasteiger partial charge in [-0.25, -0.2) is 9.37 Å². The van der Waals surface area contributed by atoms with Crippen LogP contribution in [0.1, 0.15) is 6.92 Å². The first-order chi connectivity index (χ1) is 12.7. The van der Waals surface area contributed by atoms with E-state index in [0.29, 0.717) is 17.0 Å². The van der Waals surface area contributed by atoms with Gasteiger partial charge in [0.2, 0.25) is 5.78 Å². The minimum atomic E-state index is -0.269. The predicted molar refractivity (Wildman–Crippen MR) is 102 cm³/mol. The number of hydrogen-bond donors (Lipinski definition) is 1. The van der Waals surface area contributed by atoms with E-state index in [9.17, 15) is 4.39 Å². The molecule has 0 spiro atoms. The number of para-hydroxylation sites is 1. The maximum absolute atomic E-state index is 13.2. The van der Waals surface area contributed by atoms with E-state index >= 15 is 0 Å². The zero-order valence-corrected chi connectivity index (χ0v) is 14.9. The fraction of sp³-hybridized carbons (Fsp3) is 0.100. The second kappa shape index (κ2) is 6.72. The summed E-state index contributed by atoms with van der Waals surface area (Å²) in [7, 11) is 0. The molecule has 130 valence electrons. The Balaban J connectivity index is 1.86. The van der Waals surface area contributed by atoms with E-state index in [1.807, 2.05) is 41.8 Å². The quantitative estimate of drug-likeness (QED) is 0.501. The summed E-state index contributed by atoms with van der Waals surface area (Å²) in [6, 6.07) is 14.1. The van der Waals surface area contributed by atoms with Gasteiger partial charge in [-0.15, -0.1) is 0 Å². The lowest BCUT2D eigenvalue weighted by Gasteiger charge is -2.10. The minimum Gasteiger partial charge on any atom is -0.493 e. The molecule has 2 heterocycles. The fourth-order valence-electron chi connectivity index (χ4n) is 2.89. The Kier molecular flexibility index (Phi) is 4.26. The normalized spacial score (nSPS) is 11.0. The Hall–Kier alpha value is -2.99. The van der Waals surface area contributed by atoms with E-state index in [2.05, 4.69) is 9.97 Å². The highest BCUT2D eigenvalue weighted by atomic mass is 32.1. The molecule has 1 N–H and O–H groups in total. The van der Waals surface area contributed by atoms with Crippen LogP contribution in [-0.4, -0.2) is 21.0 Å². The van der Waals surface area contributed by atoms with Crippen LogP contribution in [0, 0.1) is 10.5 Å². The molecule has 0 aliphatic rings. The van der Waals surface area contributed by atoms with Crippen LogP contribution in [0.25, 0.3) is 28.2 Å². The third kappa shape index (κ3) is 2.88. The molecule has 26 heavy (non-hydrogen) atoms. The largest absolute Gasteiger partial charge is 0.493 e. The molecule has 4 rings (SSSR count). The van der Waals surface area contributed by atoms with Crippen molar-refractivity contribution in [3.63, 3.8) is 0 Å². The maximum atomic E-state index is 13.2. The summed E-state index contributed by atoms with van der Waals surface area (Å²) in [6.07, 6.45) is 3.63. The molecule has 0 aliphatic carbocycles. The molecule has 0 amide bonds. The van der Waals surface area contributed by atoms with Crippen molar-refractivity contribution >= 4 is 18.0 Å². The molecule has 4 nitrogen and oxygen atoms in total. The lowest BCUT2D eigenvalue weighted by atomic mass is 10.1. The fourth-order valence-corrected chi connectivity index (χ4v) is 3.20. The number of rotatable bonds is 4. The van der Waals surface area contributed by atoms with Crippen LogP contribution >= 0.6 is 12.2 Å². The third-order valence-corrected chi connectivity index (χ3v) is 4.55. The molecule has 0 saturated carbocycles. The number of nitrogens with zero attached hydrogens (tertiary/aromatic N) is 2. The molecule has 6 heteroatoms. The molecule has 0 fully saturated rings. The molecule has 0 aliphatic heterocycles. The molecule has 0 radical (unpaired) electrons. The highest BCUT2D eigenvalue weighted by Gasteiger charge is 2.12. The van der Waals surface area contributed by atoms with E-state index in [0.717, 1.165) is 28.1 Å². The summed E-state index contributed by atoms with van der Waals surface area (Å²) < 4.78 is 21.3. The Morgan fingerprint density at radius 1 is 1.12 bits per heavy atom. The van der Waals surface area contributed by atoms with E-state index in [1.165, 1.54) is 12.1 Å². The number of halogens is 1. The second-order valence-corrected chi connectivity index (χ2v) is 6.16. The number of nitrogens with one attached hydrogen (secondary N) is 1. The topological polar surface area (TPSA) is 42.3 Å². The highest BCUT2D eigenvalue weighted by molar-refractivity contribution is 7.71. The van der Waals surface area contributed by atoms with Gasteiger partial charge in [0, 0.05) is 23.5 Å². The smallest absolute Gasteiger partial charge is 0.212 e. The molecule has 0 atom stereocenters. The standard InChI is InChI=1S/C20H16FN3OS/c1-2-25-18-6-4-3-5-15(18)16-11-22-20-23-17(12-24(20)19(16)26)13-7-9-14(21)10-8-13/h3-12H,2H2,1H3,(H,22,23). The van der Waals surface area contributed by atoms with Crippen LogP contribution in [0.3, 0.4) is 0 Å². The van der Waals surface area contributed by atoms with Gasteiger partial charge >= 0.3 is 0 Å². The SMILES string of the molecule is CCOc1ccccc1-c1cnc2[nH]c(-c3ccc(F)cc3)cn2c1=S. The molecular formula is C20H16FN3OS. The summed E-state index contributed by atoms with van der Waals surface area (Å²) in [4.78, 5) is 7.72. The molecule has 4 aromatic rings. The van der Waals surface area contributed by atoms with Crippen molar-refractivity contribution in [1.82, 2.24) is 14.4 Å². The van der Waals surface area contributed by atoms with Crippen molar-refractivity contribution in [3.8, 4) is 28.1 Å². The van der Waals surface area contributed by atoms with E-state index in [-0.39, 0.29) is 5.82 Å². The van der Waals surface area contributed by atoms with Gasteiger partial charge in [0.25, 0.3) is 0 Å². The first-order valence-corrected chi connectivity index (χ1v) is 8.66. The first kappa shape index (κ1) is 16.5. The van der Waals surface area contributed by atoms with Gasteiger partial charge in [0.1, 0.15) is 16.2 Å². The molecular weight excluding hydrogens is 349 g/mol. The summed E-state index contributed by atoms with van der Waals surface area (Å²) in [5.74, 6) is 1.14. The van der Waals surface area contributed by atoms with Gasteiger partial charge in [-0.2, -0.15) is 0 Å². The minimum absolute atomic E-state index is 0.269. The number of ether oxygens (including phenoxy) is 1. The molecule has 0 saturated heterocycles. The number of H-pyrrole nitrogens is 1. The number of hydrogen-bond acceptors (Lipinski definition) is 3. The lowest BCUT2D eigenvalue weighted by Crippen LogP contribution is -1.97. The van der Waals surface area contributed by atoms with Gasteiger partial charge in [-0.3, -0.25) is 4.40 Å². The zero-order chi connectivity index (χ0) is 18.1. The van der Waals surface area contributed by atoms with Crippen molar-refractivity contribution in [1.29, 1.82) is 0 Å². The van der Waals surface area contributed by atoms with E-state index in [1.54, 1.807) is 18.3 Å². The van der Waals surface area contributed by atoms with Crippen molar-refractivity contribution in [2.24, 2.45) is 0 Å². The molecule has 2 aromatic heterocycles. The Bertz CT molecular complexity index is 1130. The summed E-state index contributed by atoms with van der Waals surface area (Å²) >= 11 is 5.69. The van der Waals surface area contributed by atoms with Crippen LogP contribution in [0.5, 0.6) is 5.75 Å². The van der Waals surface area contributed by atoms with Crippen LogP contribution in [0.15, 0.2) is 60.9 Å². The van der Waals surface area contributed by atoms with Gasteiger partial charge in [-0.05, 0) is 42.8 Å². The van der Waals surface area contributed by atoms with Crippen molar-refractivity contribution in [3.05, 3.63) is 71.4 Å². The zero-order valence-electron chi connectivity index (χ0n) is 14.1. The van der Waals surface area contributed by atoms with Gasteiger partial charge in [-0.1, -0.05) is 30.4 Å². The average Bonchev–Trinajstić information content (AvgIpc) is 3.09. The van der Waals surface area contributed by atoms with Crippen LogP contribution < -0.4 is 4.74 Å². The van der Waals surface area contributed by atoms with Crippen LogP contribution in [-0.2, 0) is 0 Å². The average molecular weight is 365 g/mol. The van der Waals surface area contributed by atoms with Crippen molar-refractivity contribution in [2.75, 3.05) is 6.61 Å². The van der Waals surface area contributed by atoms with Gasteiger partial charge in [0.05, 0.1) is 12.3 Å². The number of imidazole rings is 1. The van der Waals surface area contributed by atoms with Gasteiger partial charge < -0.3 is 9.72 Å². The lowest BCUT2D eigenvalue weighted by molar-refractivity contribution is 0.341. The van der Waals surface area contributed by atoms with Crippen molar-refractivity contribution in [2.45, 2.75) is 6.92 Å². The van der Waals surface area contributed by atoms with Crippen molar-refractivity contribution < 1.29 is 9.13 Å². The summed E-state index contributed by atoms with van der Waals surface area (Å²) in [6.45, 7) is 2.52. The van der Waals surface area contributed by atoms with Crippen LogP contribution in [0.2, 0.25) is 0 Å². The number of fused-ring (bicyclic) bond motifs is 1. The number of aromatic amines is 1. The number of benzene rings is 2. The van der Waals surface area contributed by atoms with E-state index < -0.39 is 0 Å². The third-order valence-electron chi connectivity index (χ3n) is 4.13. The Labute approximate surface area is 154 Å². The summed E-state index contributed by atoms with van der Waals surface area (Å²) in [5, 5.41) is 0. The maximum Gasteiger partial charge on any atom is 0.212 e. The Morgan fingerprint density at radius 3 is 2.65 bits per heavy atom. The molecule has 0 unspecified atom stereocenters. The predicted octanol–water partition coefficient (Wildman–Crippen LogP) is 5.26. The summed E-state index contributed by atoms with van der Waals surface area (Å²) in [5.41, 5.74) is 3.42. The molecule has 0 bridgehead atoms. The monoisotopic (exact) mass is 365 g/mol. The second-order valence-electron chi connectivity index (χ2n) is 5.77. The molecule has 2 aromatic carbocycles. The number of aromatic nitrogens is 3. The Morgan fingerprint density at radius 2 is 1.88 bits per heavy atom. The van der Waals surface area contributed by atoms with Crippen LogP contribution in [0.4, 0.5) is 4.39 Å². The van der Waals surface area contributed by atoms with E-state index in [4.69, 9.17) is 17.0 Å². The highest BCUT2D eigenvalue weighted by Crippen LogP contribution is 2.31. The van der Waals surface area contributed by atoms with Gasteiger partial charge in [0.15, 0.2) is 0 Å².